The van der Waals surface area contributed by atoms with Crippen LogP contribution < -0.4 is 0 Å². The van der Waals surface area contributed by atoms with E-state index in [1.54, 1.807) is 0 Å². The van der Waals surface area contributed by atoms with Gasteiger partial charge in [-0.15, -0.1) is 0 Å². The van der Waals surface area contributed by atoms with Crippen molar-refractivity contribution in [2.24, 2.45) is 5.41 Å². The molecule has 0 amide bonds. The number of hydrogen-bond donors (Lipinski definition) is 0. The Morgan fingerprint density at radius 1 is 1.42 bits per heavy atom. The van der Waals surface area contributed by atoms with Gasteiger partial charge in [0, 0.05) is 0 Å². The molecule has 0 aromatic heterocycles. The van der Waals surface area contributed by atoms with Crippen LogP contribution in [0.2, 0.25) is 0 Å². The van der Waals surface area contributed by atoms with Crippen molar-refractivity contribution in [3.8, 4) is 11.7 Å². The molecule has 0 aliphatic rings. The molecule has 0 spiro atoms. The molecule has 2 nitrogen and oxygen atoms in total. The molecule has 0 aliphatic heterocycles. The first-order valence-corrected chi connectivity index (χ1v) is 5.02. The van der Waals surface area contributed by atoms with Crippen molar-refractivity contribution in [2.75, 3.05) is 0 Å². The molecule has 0 aromatic rings. The average molecular weight is 183 g/mol. The van der Waals surface area contributed by atoms with E-state index < -0.39 is 0 Å². The standard InChI is InChI=1S/C9H14NOP/c1-3-9(4-2,8-10)6-5-7-12-11/h3-6H2,1-2H3. The van der Waals surface area contributed by atoms with Crippen LogP contribution in [0.25, 0.3) is 0 Å². The molecule has 0 fully saturated rings. The fourth-order valence-electron chi connectivity index (χ4n) is 1.16. The first-order chi connectivity index (χ1) is 5.74. The summed E-state index contributed by atoms with van der Waals surface area (Å²) in [6.07, 6.45) is 3.13. The molecular formula is C9H14NOP. The van der Waals surface area contributed by atoms with Crippen LogP contribution in [0.5, 0.6) is 0 Å². The van der Waals surface area contributed by atoms with Gasteiger partial charge in [0.2, 0.25) is 0 Å². The molecule has 0 heterocycles. The Kier molecular flexibility index (Phi) is 5.81. The number of nitrogens with zero attached hydrogens (tertiary/aromatic N) is 1. The van der Waals surface area contributed by atoms with Gasteiger partial charge >= 0.3 is 74.4 Å². The molecule has 0 aromatic carbocycles. The fraction of sp³-hybridized carbons (Fsp3) is 0.778. The first-order valence-electron chi connectivity index (χ1n) is 4.21. The van der Waals surface area contributed by atoms with Gasteiger partial charge in [0.05, 0.1) is 0 Å². The third-order valence-electron chi connectivity index (χ3n) is 2.37. The number of rotatable bonds is 4. The summed E-state index contributed by atoms with van der Waals surface area (Å²) in [5.74, 6) is 0. The molecule has 0 radical (unpaired) electrons. The van der Waals surface area contributed by atoms with Gasteiger partial charge in [0.15, 0.2) is 0 Å². The molecule has 0 unspecified atom stereocenters. The Morgan fingerprint density at radius 2 is 2.00 bits per heavy atom. The Labute approximate surface area is 75.1 Å². The minimum absolute atomic E-state index is 0.0486. The molecular weight excluding hydrogens is 169 g/mol. The predicted octanol–water partition coefficient (Wildman–Crippen LogP) is 3.35. The average Bonchev–Trinajstić information content (AvgIpc) is 2.14. The van der Waals surface area contributed by atoms with E-state index in [0.717, 1.165) is 19.3 Å². The van der Waals surface area contributed by atoms with Crippen molar-refractivity contribution in [1.82, 2.24) is 0 Å². The van der Waals surface area contributed by atoms with E-state index in [9.17, 15) is 4.57 Å². The van der Waals surface area contributed by atoms with Crippen LogP contribution in [0, 0.1) is 22.4 Å². The van der Waals surface area contributed by atoms with Gasteiger partial charge in [-0.05, 0) is 0 Å². The second kappa shape index (κ2) is 6.06. The minimum atomic E-state index is -0.225. The second-order valence-corrected chi connectivity index (χ2v) is 3.35. The summed E-state index contributed by atoms with van der Waals surface area (Å²) in [6.45, 7) is 4.03. The zero-order valence-corrected chi connectivity index (χ0v) is 8.53. The van der Waals surface area contributed by atoms with Crippen molar-refractivity contribution in [2.45, 2.75) is 39.5 Å². The van der Waals surface area contributed by atoms with Crippen LogP contribution in [-0.4, -0.2) is 0 Å². The van der Waals surface area contributed by atoms with Crippen LogP contribution >= 0.6 is 7.92 Å². The third kappa shape index (κ3) is 3.26. The van der Waals surface area contributed by atoms with Crippen molar-refractivity contribution in [3.05, 3.63) is 0 Å². The van der Waals surface area contributed by atoms with Crippen LogP contribution in [-0.2, 0) is 4.57 Å². The summed E-state index contributed by atoms with van der Waals surface area (Å²) >= 11 is 0. The summed E-state index contributed by atoms with van der Waals surface area (Å²) in [7, 11) is -0.0486. The summed E-state index contributed by atoms with van der Waals surface area (Å²) in [5, 5.41) is 8.92. The van der Waals surface area contributed by atoms with Crippen molar-refractivity contribution in [3.63, 3.8) is 0 Å². The maximum atomic E-state index is 10.1. The molecule has 3 heteroatoms. The van der Waals surface area contributed by atoms with E-state index in [4.69, 9.17) is 5.26 Å². The Hall–Kier alpha value is -0.500. The predicted molar refractivity (Wildman–Crippen MR) is 49.4 cm³/mol. The Bertz CT molecular complexity index is 256. The van der Waals surface area contributed by atoms with Gasteiger partial charge in [-0.3, -0.25) is 0 Å². The Balaban J connectivity index is 4.19. The zero-order valence-electron chi connectivity index (χ0n) is 7.63. The van der Waals surface area contributed by atoms with E-state index in [2.05, 4.69) is 11.7 Å². The molecule has 0 saturated carbocycles. The molecule has 0 rings (SSSR count). The van der Waals surface area contributed by atoms with E-state index in [1.807, 2.05) is 13.8 Å². The summed E-state index contributed by atoms with van der Waals surface area (Å²) < 4.78 is 10.1. The molecule has 0 bridgehead atoms. The molecule has 0 N–H and O–H groups in total. The quantitative estimate of drug-likeness (QED) is 0.627. The second-order valence-electron chi connectivity index (χ2n) is 2.85. The van der Waals surface area contributed by atoms with Gasteiger partial charge in [-0.1, -0.05) is 0 Å². The van der Waals surface area contributed by atoms with E-state index in [1.165, 1.54) is 0 Å². The topological polar surface area (TPSA) is 40.9 Å². The third-order valence-corrected chi connectivity index (χ3v) is 2.72. The summed E-state index contributed by atoms with van der Waals surface area (Å²) in [5.41, 5.74) is 2.45. The van der Waals surface area contributed by atoms with Gasteiger partial charge in [-0.25, -0.2) is 0 Å². The van der Waals surface area contributed by atoms with Crippen molar-refractivity contribution >= 4 is 7.92 Å². The zero-order chi connectivity index (χ0) is 9.45. The van der Waals surface area contributed by atoms with Crippen LogP contribution in [0.3, 0.4) is 0 Å². The SMILES string of the molecule is CCC(C#N)(CC)CCC#P=O. The van der Waals surface area contributed by atoms with E-state index >= 15 is 0 Å². The maximum absolute atomic E-state index is 10.1. The summed E-state index contributed by atoms with van der Waals surface area (Å²) in [6, 6.07) is 2.33. The molecule has 0 atom stereocenters. The molecule has 66 valence electrons. The van der Waals surface area contributed by atoms with Crippen molar-refractivity contribution in [1.29, 1.82) is 5.26 Å². The summed E-state index contributed by atoms with van der Waals surface area (Å²) in [4.78, 5) is 0. The van der Waals surface area contributed by atoms with Gasteiger partial charge in [0.25, 0.3) is 0 Å². The van der Waals surface area contributed by atoms with E-state index in [-0.39, 0.29) is 13.3 Å². The Morgan fingerprint density at radius 3 is 2.33 bits per heavy atom. The van der Waals surface area contributed by atoms with Crippen LogP contribution in [0.1, 0.15) is 39.5 Å². The van der Waals surface area contributed by atoms with Gasteiger partial charge < -0.3 is 0 Å². The molecule has 0 aliphatic carbocycles. The monoisotopic (exact) mass is 183 g/mol. The van der Waals surface area contributed by atoms with Crippen molar-refractivity contribution < 1.29 is 4.57 Å². The molecule has 0 saturated heterocycles. The molecule has 12 heavy (non-hydrogen) atoms. The van der Waals surface area contributed by atoms with Gasteiger partial charge in [0.1, 0.15) is 0 Å². The normalized spacial score (nSPS) is 10.1. The number of nitriles is 1. The van der Waals surface area contributed by atoms with Crippen LogP contribution in [0.15, 0.2) is 0 Å². The number of hydrogen-bond acceptors (Lipinski definition) is 2. The fourth-order valence-corrected chi connectivity index (χ4v) is 1.36. The van der Waals surface area contributed by atoms with Crippen LogP contribution in [0.4, 0.5) is 0 Å². The van der Waals surface area contributed by atoms with Gasteiger partial charge in [-0.2, -0.15) is 0 Å². The van der Waals surface area contributed by atoms with E-state index in [0.29, 0.717) is 6.42 Å². The first kappa shape index (κ1) is 11.5.